The molecule has 1 N–H and O–H groups in total. The van der Waals surface area contributed by atoms with Gasteiger partial charge in [-0.3, -0.25) is 10.1 Å². The summed E-state index contributed by atoms with van der Waals surface area (Å²) in [6, 6.07) is 2.75. The highest BCUT2D eigenvalue weighted by Crippen LogP contribution is 2.30. The summed E-state index contributed by atoms with van der Waals surface area (Å²) in [7, 11) is -3.86. The van der Waals surface area contributed by atoms with Crippen LogP contribution in [-0.4, -0.2) is 43.3 Å². The molecule has 0 bridgehead atoms. The fourth-order valence-electron chi connectivity index (χ4n) is 2.38. The number of halogens is 1. The molecule has 1 fully saturated rings. The summed E-state index contributed by atoms with van der Waals surface area (Å²) in [6.45, 7) is 6.53. The number of rotatable bonds is 3. The first-order chi connectivity index (χ1) is 9.73. The van der Waals surface area contributed by atoms with Crippen molar-refractivity contribution in [3.05, 3.63) is 33.4 Å². The van der Waals surface area contributed by atoms with Crippen molar-refractivity contribution >= 4 is 28.1 Å². The van der Waals surface area contributed by atoms with Gasteiger partial charge in [-0.1, -0.05) is 0 Å². The summed E-state index contributed by atoms with van der Waals surface area (Å²) in [6.07, 6.45) is 0. The number of hydrogen-bond acceptors (Lipinski definition) is 5. The van der Waals surface area contributed by atoms with Gasteiger partial charge >= 0.3 is 0 Å². The Morgan fingerprint density at radius 3 is 2.45 bits per heavy atom. The molecule has 124 valence electrons. The number of piperazine rings is 1. The molecule has 0 spiro atoms. The van der Waals surface area contributed by atoms with Gasteiger partial charge < -0.3 is 5.32 Å². The zero-order valence-corrected chi connectivity index (χ0v) is 14.3. The van der Waals surface area contributed by atoms with Gasteiger partial charge in [0.1, 0.15) is 0 Å². The van der Waals surface area contributed by atoms with E-state index in [-0.39, 0.29) is 29.0 Å². The predicted octanol–water partition coefficient (Wildman–Crippen LogP) is 1.62. The van der Waals surface area contributed by atoms with Gasteiger partial charge in [0.25, 0.3) is 5.69 Å². The fourth-order valence-corrected chi connectivity index (χ4v) is 4.13. The fraction of sp³-hybridized carbons (Fsp3) is 0.538. The minimum atomic E-state index is -3.86. The van der Waals surface area contributed by atoms with Crippen LogP contribution in [0, 0.1) is 24.0 Å². The molecule has 1 aromatic carbocycles. The Labute approximate surface area is 136 Å². The highest BCUT2D eigenvalue weighted by molar-refractivity contribution is 7.89. The molecule has 0 unspecified atom stereocenters. The van der Waals surface area contributed by atoms with Crippen molar-refractivity contribution < 1.29 is 13.3 Å². The van der Waals surface area contributed by atoms with Crippen LogP contribution in [0.5, 0.6) is 0 Å². The van der Waals surface area contributed by atoms with E-state index in [9.17, 15) is 18.5 Å². The first-order valence-corrected chi connectivity index (χ1v) is 8.16. The topological polar surface area (TPSA) is 92.5 Å². The zero-order valence-electron chi connectivity index (χ0n) is 12.7. The number of nitrogens with zero attached hydrogens (tertiary/aromatic N) is 2. The Kier molecular flexibility index (Phi) is 5.91. The Morgan fingerprint density at radius 1 is 1.32 bits per heavy atom. The second-order valence-electron chi connectivity index (χ2n) is 5.38. The molecule has 0 aliphatic carbocycles. The SMILES string of the molecule is Cc1cc([N+](=O)[O-])c(S(=O)(=O)N2CCN[C@@H](C)C2)cc1C.Cl. The van der Waals surface area contributed by atoms with Gasteiger partial charge in [0.2, 0.25) is 10.0 Å². The molecule has 1 aliphatic heterocycles. The standard InChI is InChI=1S/C13H19N3O4S.ClH/c1-9-6-12(16(17)18)13(7-10(9)2)21(19,20)15-5-4-14-11(3)8-15;/h6-7,11,14H,4-5,8H2,1-3H3;1H/t11-;/m0./s1. The molecule has 0 saturated carbocycles. The molecule has 1 atom stereocenters. The summed E-state index contributed by atoms with van der Waals surface area (Å²) in [4.78, 5) is 10.3. The molecule has 2 rings (SSSR count). The molecule has 0 radical (unpaired) electrons. The lowest BCUT2D eigenvalue weighted by molar-refractivity contribution is -0.387. The molecule has 1 saturated heterocycles. The average Bonchev–Trinajstić information content (AvgIpc) is 2.41. The van der Waals surface area contributed by atoms with E-state index in [0.29, 0.717) is 25.2 Å². The Hall–Kier alpha value is -1.22. The molecule has 1 aromatic rings. The van der Waals surface area contributed by atoms with E-state index in [2.05, 4.69) is 5.32 Å². The van der Waals surface area contributed by atoms with Crippen molar-refractivity contribution in [2.45, 2.75) is 31.7 Å². The summed E-state index contributed by atoms with van der Waals surface area (Å²) in [5, 5.41) is 14.3. The zero-order chi connectivity index (χ0) is 15.8. The van der Waals surface area contributed by atoms with Gasteiger partial charge in [0, 0.05) is 31.7 Å². The lowest BCUT2D eigenvalue weighted by Gasteiger charge is -2.30. The number of hydrogen-bond donors (Lipinski definition) is 1. The van der Waals surface area contributed by atoms with Gasteiger partial charge in [-0.25, -0.2) is 8.42 Å². The van der Waals surface area contributed by atoms with Crippen molar-refractivity contribution in [1.82, 2.24) is 9.62 Å². The maximum atomic E-state index is 12.7. The molecule has 9 heteroatoms. The Balaban J connectivity index is 0.00000242. The van der Waals surface area contributed by atoms with Crippen LogP contribution in [0.3, 0.4) is 0 Å². The lowest BCUT2D eigenvalue weighted by atomic mass is 10.1. The van der Waals surface area contributed by atoms with E-state index < -0.39 is 14.9 Å². The maximum absolute atomic E-state index is 12.7. The Morgan fingerprint density at radius 2 is 1.91 bits per heavy atom. The van der Waals surface area contributed by atoms with E-state index in [1.54, 1.807) is 13.8 Å². The summed E-state index contributed by atoms with van der Waals surface area (Å²) >= 11 is 0. The van der Waals surface area contributed by atoms with Crippen LogP contribution < -0.4 is 5.32 Å². The van der Waals surface area contributed by atoms with Crippen molar-refractivity contribution in [3.8, 4) is 0 Å². The highest BCUT2D eigenvalue weighted by atomic mass is 35.5. The normalized spacial score (nSPS) is 19.5. The minimum Gasteiger partial charge on any atom is -0.312 e. The van der Waals surface area contributed by atoms with Crippen molar-refractivity contribution in [2.24, 2.45) is 0 Å². The minimum absolute atomic E-state index is 0. The van der Waals surface area contributed by atoms with Crippen LogP contribution in [0.25, 0.3) is 0 Å². The van der Waals surface area contributed by atoms with Gasteiger partial charge in [0.05, 0.1) is 4.92 Å². The number of nitro groups is 1. The van der Waals surface area contributed by atoms with E-state index in [1.165, 1.54) is 16.4 Å². The third-order valence-corrected chi connectivity index (χ3v) is 5.62. The van der Waals surface area contributed by atoms with Crippen molar-refractivity contribution in [2.75, 3.05) is 19.6 Å². The van der Waals surface area contributed by atoms with Gasteiger partial charge in [-0.15, -0.1) is 12.4 Å². The monoisotopic (exact) mass is 349 g/mol. The van der Waals surface area contributed by atoms with Gasteiger partial charge in [-0.2, -0.15) is 4.31 Å². The van der Waals surface area contributed by atoms with Crippen LogP contribution in [0.2, 0.25) is 0 Å². The second kappa shape index (κ2) is 6.91. The van der Waals surface area contributed by atoms with E-state index in [4.69, 9.17) is 0 Å². The Bertz CT molecular complexity index is 678. The first-order valence-electron chi connectivity index (χ1n) is 6.72. The quantitative estimate of drug-likeness (QED) is 0.661. The number of nitrogens with one attached hydrogen (secondary N) is 1. The molecule has 0 aromatic heterocycles. The largest absolute Gasteiger partial charge is 0.312 e. The van der Waals surface area contributed by atoms with Crippen LogP contribution in [0.4, 0.5) is 5.69 Å². The number of benzene rings is 1. The summed E-state index contributed by atoms with van der Waals surface area (Å²) in [5.41, 5.74) is 1.07. The number of aryl methyl sites for hydroxylation is 2. The summed E-state index contributed by atoms with van der Waals surface area (Å²) in [5.74, 6) is 0. The van der Waals surface area contributed by atoms with Crippen molar-refractivity contribution in [1.29, 1.82) is 0 Å². The lowest BCUT2D eigenvalue weighted by Crippen LogP contribution is -2.51. The van der Waals surface area contributed by atoms with E-state index in [0.717, 1.165) is 5.56 Å². The van der Waals surface area contributed by atoms with Gasteiger partial charge in [0.15, 0.2) is 4.90 Å². The first kappa shape index (κ1) is 18.8. The predicted molar refractivity (Wildman–Crippen MR) is 86.0 cm³/mol. The van der Waals surface area contributed by atoms with Crippen LogP contribution in [0.15, 0.2) is 17.0 Å². The van der Waals surface area contributed by atoms with Crippen LogP contribution >= 0.6 is 12.4 Å². The van der Waals surface area contributed by atoms with Crippen molar-refractivity contribution in [3.63, 3.8) is 0 Å². The number of sulfonamides is 1. The average molecular weight is 350 g/mol. The molecule has 1 aliphatic rings. The third-order valence-electron chi connectivity index (χ3n) is 3.72. The molecule has 1 heterocycles. The van der Waals surface area contributed by atoms with Gasteiger partial charge in [-0.05, 0) is 38.0 Å². The molecule has 0 amide bonds. The van der Waals surface area contributed by atoms with Crippen LogP contribution in [-0.2, 0) is 10.0 Å². The van der Waals surface area contributed by atoms with Crippen LogP contribution in [0.1, 0.15) is 18.1 Å². The van der Waals surface area contributed by atoms with E-state index in [1.807, 2.05) is 6.92 Å². The molecular weight excluding hydrogens is 330 g/mol. The molecule has 22 heavy (non-hydrogen) atoms. The second-order valence-corrected chi connectivity index (χ2v) is 7.29. The highest BCUT2D eigenvalue weighted by Gasteiger charge is 2.34. The summed E-state index contributed by atoms with van der Waals surface area (Å²) < 4.78 is 26.7. The number of nitro benzene ring substituents is 1. The third kappa shape index (κ3) is 3.57. The molecule has 7 nitrogen and oxygen atoms in total. The van der Waals surface area contributed by atoms with E-state index >= 15 is 0 Å². The molecular formula is C13H20ClN3O4S. The maximum Gasteiger partial charge on any atom is 0.289 e. The smallest absolute Gasteiger partial charge is 0.289 e.